The Morgan fingerprint density at radius 1 is 0.348 bits per heavy atom. The lowest BCUT2D eigenvalue weighted by Gasteiger charge is -2.18. The van der Waals surface area contributed by atoms with Crippen LogP contribution < -0.4 is 0 Å². The lowest BCUT2D eigenvalue weighted by atomic mass is 9.90. The van der Waals surface area contributed by atoms with Crippen molar-refractivity contribution in [1.82, 2.24) is 19.5 Å². The molecule has 0 aliphatic rings. The van der Waals surface area contributed by atoms with Crippen LogP contribution in [0.2, 0.25) is 0 Å². The maximum absolute atomic E-state index is 9.29. The van der Waals surface area contributed by atoms with Gasteiger partial charge in [-0.15, -0.1) is 0 Å². The molecule has 0 N–H and O–H groups in total. The van der Waals surface area contributed by atoms with Crippen LogP contribution in [0.3, 0.4) is 0 Å². The fourth-order valence-electron chi connectivity index (χ4n) is 9.39. The van der Waals surface area contributed by atoms with Crippen molar-refractivity contribution >= 4 is 54.5 Å². The third-order valence-electron chi connectivity index (χ3n) is 12.4. The first-order valence-electron chi connectivity index (χ1n) is 24.8. The zero-order valence-electron chi connectivity index (χ0n) is 41.2. The minimum Gasteiger partial charge on any atom is -0.455 e. The van der Waals surface area contributed by atoms with E-state index in [0.29, 0.717) is 28.7 Å². The fraction of sp³-hybridized carbons (Fsp3) is 0. The van der Waals surface area contributed by atoms with Crippen molar-refractivity contribution in [1.29, 1.82) is 0 Å². The molecular weight excluding hydrogens is 805 g/mol. The number of benzene rings is 10. The molecule has 0 spiro atoms. The predicted molar refractivity (Wildman–Crippen MR) is 272 cm³/mol. The molecule has 0 saturated carbocycles. The van der Waals surface area contributed by atoms with E-state index in [0.717, 1.165) is 77.2 Å². The maximum atomic E-state index is 9.29. The van der Waals surface area contributed by atoms with Gasteiger partial charge in [-0.2, -0.15) is 0 Å². The van der Waals surface area contributed by atoms with Crippen LogP contribution in [0.1, 0.15) is 8.22 Å². The summed E-state index contributed by atoms with van der Waals surface area (Å²) in [5.74, 6) is 1.74. The van der Waals surface area contributed by atoms with E-state index in [4.69, 9.17) is 24.9 Å². The highest BCUT2D eigenvalue weighted by Crippen LogP contribution is 2.44. The van der Waals surface area contributed by atoms with Crippen molar-refractivity contribution in [2.75, 3.05) is 0 Å². The molecule has 5 heteroatoms. The van der Waals surface area contributed by atoms with Gasteiger partial charge in [0.15, 0.2) is 17.5 Å². The predicted octanol–water partition coefficient (Wildman–Crippen LogP) is 16.0. The van der Waals surface area contributed by atoms with Crippen molar-refractivity contribution in [3.05, 3.63) is 230 Å². The molecule has 0 saturated heterocycles. The van der Waals surface area contributed by atoms with Crippen LogP contribution >= 0.6 is 0 Å². The fourth-order valence-corrected chi connectivity index (χ4v) is 9.39. The van der Waals surface area contributed by atoms with Gasteiger partial charge in [0.25, 0.3) is 0 Å². The lowest BCUT2D eigenvalue weighted by Crippen LogP contribution is -2.00. The number of rotatable bonds is 7. The summed E-state index contributed by atoms with van der Waals surface area (Å²) in [6.07, 6.45) is 0. The largest absolute Gasteiger partial charge is 0.455 e. The molecule has 0 fully saturated rings. The summed E-state index contributed by atoms with van der Waals surface area (Å²) in [6.45, 7) is 0. The molecule has 13 rings (SSSR count). The summed E-state index contributed by atoms with van der Waals surface area (Å²) in [7, 11) is 0. The molecule has 0 aliphatic carbocycles. The Morgan fingerprint density at radius 2 is 0.864 bits per heavy atom. The summed E-state index contributed by atoms with van der Waals surface area (Å²) >= 11 is 0. The molecule has 13 aromatic rings. The highest BCUT2D eigenvalue weighted by molar-refractivity contribution is 6.13. The van der Waals surface area contributed by atoms with Crippen LogP contribution in [0.25, 0.3) is 128 Å². The van der Waals surface area contributed by atoms with Gasteiger partial charge < -0.3 is 8.98 Å². The molecular formula is C61H38N4O. The molecule has 66 heavy (non-hydrogen) atoms. The van der Waals surface area contributed by atoms with Gasteiger partial charge >= 0.3 is 0 Å². The van der Waals surface area contributed by atoms with Gasteiger partial charge in [0.2, 0.25) is 0 Å². The second kappa shape index (κ2) is 15.4. The van der Waals surface area contributed by atoms with Gasteiger partial charge in [0, 0.05) is 49.4 Å². The van der Waals surface area contributed by atoms with Crippen LogP contribution in [0.5, 0.6) is 0 Å². The number of hydrogen-bond donors (Lipinski definition) is 0. The summed E-state index contributed by atoms with van der Waals surface area (Å²) < 4.78 is 62.5. The number of hydrogen-bond acceptors (Lipinski definition) is 4. The molecule has 0 radical (unpaired) electrons. The molecule has 0 aliphatic heterocycles. The van der Waals surface area contributed by atoms with Crippen LogP contribution in [0.15, 0.2) is 235 Å². The highest BCUT2D eigenvalue weighted by atomic mass is 16.3. The van der Waals surface area contributed by atoms with E-state index in [1.54, 1.807) is 4.57 Å². The van der Waals surface area contributed by atoms with E-state index in [1.807, 2.05) is 140 Å². The van der Waals surface area contributed by atoms with E-state index >= 15 is 0 Å². The van der Waals surface area contributed by atoms with Gasteiger partial charge in [-0.1, -0.05) is 194 Å². The molecule has 5 nitrogen and oxygen atoms in total. The number of fused-ring (bicyclic) bond motifs is 7. The SMILES string of the molecule is [2H]c1cc([2H])c2c(c1[2H])c1c([2H])c([2H])cc([2H])c1n2-c1ccc(-c2ccc(-c3cccc(-c4nc(-c5ccccc5)nc(-c5ccccc5)n4)c3)c3ccccc23)cc1-c1cccc2c1oc1ccccc12. The van der Waals surface area contributed by atoms with Gasteiger partial charge in [-0.25, -0.2) is 15.0 Å². The first-order valence-corrected chi connectivity index (χ1v) is 21.8. The second-order valence-corrected chi connectivity index (χ2v) is 16.2. The molecule has 0 unspecified atom stereocenters. The normalized spacial score (nSPS) is 12.9. The summed E-state index contributed by atoms with van der Waals surface area (Å²) in [5, 5.41) is 4.32. The Labute approximate surface area is 389 Å². The molecule has 0 bridgehead atoms. The van der Waals surface area contributed by atoms with E-state index in [-0.39, 0.29) is 58.1 Å². The van der Waals surface area contributed by atoms with Crippen LogP contribution in [0, 0.1) is 0 Å². The third-order valence-corrected chi connectivity index (χ3v) is 12.4. The van der Waals surface area contributed by atoms with Crippen molar-refractivity contribution < 1.29 is 12.6 Å². The molecule has 3 heterocycles. The number of furan rings is 1. The summed E-state index contributed by atoms with van der Waals surface area (Å²) in [5.41, 5.74) is 10.6. The van der Waals surface area contributed by atoms with Gasteiger partial charge in [-0.3, -0.25) is 0 Å². The highest BCUT2D eigenvalue weighted by Gasteiger charge is 2.21. The Balaban J connectivity index is 1.02. The molecule has 308 valence electrons. The van der Waals surface area contributed by atoms with Crippen LogP contribution in [0.4, 0.5) is 0 Å². The summed E-state index contributed by atoms with van der Waals surface area (Å²) in [6, 6.07) is 62.8. The monoisotopic (exact) mass is 848 g/mol. The van der Waals surface area contributed by atoms with Gasteiger partial charge in [-0.05, 0) is 69.4 Å². The molecule has 3 aromatic heterocycles. The van der Waals surface area contributed by atoms with Crippen molar-refractivity contribution in [2.45, 2.75) is 0 Å². The standard InChI is InChI=1S/C61H38N4O/c1-3-17-39(18-4-1)59-62-60(40-19-5-2-6-20-40)64-61(63-59)43-22-15-21-41(37-43)44-34-35-45(47-24-8-7-23-46(44)47)42-33-36-56(65-54-30-12-9-25-48(54)49-26-10-13-31-55(49)65)53(38-42)52-29-16-28-51-50-27-11-14-32-57(50)66-58(51)52/h1-38H/i9D,10D,25D,26D,30D,31D. The number of aromatic nitrogens is 4. The van der Waals surface area contributed by atoms with Crippen molar-refractivity contribution in [3.63, 3.8) is 0 Å². The number of para-hydroxylation sites is 4. The second-order valence-electron chi connectivity index (χ2n) is 16.2. The molecule has 10 aromatic carbocycles. The van der Waals surface area contributed by atoms with E-state index in [1.165, 1.54) is 12.1 Å². The van der Waals surface area contributed by atoms with Crippen molar-refractivity contribution in [2.24, 2.45) is 0 Å². The quantitative estimate of drug-likeness (QED) is 0.160. The Kier molecular flexibility index (Phi) is 7.43. The Hall–Kier alpha value is -8.93. The Morgan fingerprint density at radius 3 is 1.52 bits per heavy atom. The minimum absolute atomic E-state index is 0.0288. The lowest BCUT2D eigenvalue weighted by molar-refractivity contribution is 0.670. The first kappa shape index (κ1) is 31.8. The molecule has 0 atom stereocenters. The van der Waals surface area contributed by atoms with E-state index in [9.17, 15) is 2.74 Å². The Bertz CT molecular complexity index is 4230. The maximum Gasteiger partial charge on any atom is 0.164 e. The van der Waals surface area contributed by atoms with Crippen molar-refractivity contribution in [3.8, 4) is 73.2 Å². The topological polar surface area (TPSA) is 56.7 Å². The first-order chi connectivity index (χ1) is 35.2. The van der Waals surface area contributed by atoms with E-state index in [2.05, 4.69) is 42.5 Å². The average molecular weight is 849 g/mol. The zero-order valence-corrected chi connectivity index (χ0v) is 35.2. The molecule has 0 amide bonds. The summed E-state index contributed by atoms with van der Waals surface area (Å²) in [4.78, 5) is 14.9. The van der Waals surface area contributed by atoms with Crippen LogP contribution in [-0.2, 0) is 0 Å². The average Bonchev–Trinajstić information content (AvgIpc) is 4.00. The van der Waals surface area contributed by atoms with Gasteiger partial charge in [0.1, 0.15) is 11.2 Å². The van der Waals surface area contributed by atoms with Crippen LogP contribution in [-0.4, -0.2) is 19.5 Å². The van der Waals surface area contributed by atoms with E-state index < -0.39 is 0 Å². The smallest absolute Gasteiger partial charge is 0.164 e. The zero-order chi connectivity index (χ0) is 48.8. The van der Waals surface area contributed by atoms with Gasteiger partial charge in [0.05, 0.1) is 24.9 Å². The third kappa shape index (κ3) is 6.21. The minimum atomic E-state index is -0.169. The number of nitrogens with zero attached hydrogens (tertiary/aromatic N) is 4.